The third kappa shape index (κ3) is 5.25. The van der Waals surface area contributed by atoms with Crippen LogP contribution in [-0.4, -0.2) is 37.3 Å². The first-order chi connectivity index (χ1) is 16.3. The Morgan fingerprint density at radius 1 is 1.18 bits per heavy atom. The number of carbonyl (C=O) groups excluding carboxylic acids is 1. The number of hydrogen-bond donors (Lipinski definition) is 2. The Labute approximate surface area is 194 Å². The van der Waals surface area contributed by atoms with E-state index < -0.39 is 12.5 Å². The maximum absolute atomic E-state index is 12.6. The average Bonchev–Trinajstić information content (AvgIpc) is 3.23. The maximum Gasteiger partial charge on any atom is 0.388 e. The summed E-state index contributed by atoms with van der Waals surface area (Å²) >= 11 is 0. The molecule has 176 valence electrons. The molecule has 4 rings (SSSR count). The Kier molecular flexibility index (Phi) is 6.62. The molecule has 0 saturated heterocycles. The van der Waals surface area contributed by atoms with Crippen LogP contribution in [0.2, 0.25) is 0 Å². The van der Waals surface area contributed by atoms with Gasteiger partial charge in [-0.1, -0.05) is 6.07 Å². The SMILES string of the molecule is CCn1cc2ncc(N[C@@H](C)c3cc(NC(=O)c4ccc(OC(F)F)nc4)ccc3C)nc2n1. The van der Waals surface area contributed by atoms with Crippen LogP contribution >= 0.6 is 0 Å². The normalized spacial score (nSPS) is 12.1. The molecular formula is C23H23F2N7O2. The number of aryl methyl sites for hydroxylation is 2. The number of hydrogen-bond acceptors (Lipinski definition) is 7. The second-order valence-corrected chi connectivity index (χ2v) is 7.60. The molecule has 0 fully saturated rings. The number of fused-ring (bicyclic) bond motifs is 1. The fourth-order valence-corrected chi connectivity index (χ4v) is 3.44. The van der Waals surface area contributed by atoms with Gasteiger partial charge in [-0.2, -0.15) is 13.9 Å². The number of pyridine rings is 1. The van der Waals surface area contributed by atoms with Crippen LogP contribution in [0.3, 0.4) is 0 Å². The van der Waals surface area contributed by atoms with E-state index in [2.05, 4.69) is 35.4 Å². The number of nitrogens with one attached hydrogen (secondary N) is 2. The first-order valence-corrected chi connectivity index (χ1v) is 10.6. The highest BCUT2D eigenvalue weighted by molar-refractivity contribution is 6.04. The van der Waals surface area contributed by atoms with Gasteiger partial charge in [-0.25, -0.2) is 15.0 Å². The Bertz CT molecular complexity index is 1310. The molecule has 1 aromatic carbocycles. The van der Waals surface area contributed by atoms with E-state index in [0.717, 1.165) is 23.2 Å². The number of rotatable bonds is 8. The molecular weight excluding hydrogens is 444 g/mol. The lowest BCUT2D eigenvalue weighted by Gasteiger charge is -2.18. The zero-order valence-electron chi connectivity index (χ0n) is 18.8. The number of carbonyl (C=O) groups is 1. The summed E-state index contributed by atoms with van der Waals surface area (Å²) in [6.45, 7) is 3.71. The number of alkyl halides is 2. The van der Waals surface area contributed by atoms with Crippen LogP contribution in [0, 0.1) is 6.92 Å². The monoisotopic (exact) mass is 467 g/mol. The second kappa shape index (κ2) is 9.77. The standard InChI is InChI=1S/C23H23F2N7O2/c1-4-32-12-18-21(31-32)30-19(11-26-18)28-14(3)17-9-16(7-5-13(17)2)29-22(33)15-6-8-20(27-10-15)34-23(24)25/h5-12,14,23H,4H2,1-3H3,(H,29,33)(H,28,30,31)/t14-/m0/s1. The third-order valence-electron chi connectivity index (χ3n) is 5.18. The largest absolute Gasteiger partial charge is 0.417 e. The molecule has 2 N–H and O–H groups in total. The minimum Gasteiger partial charge on any atom is -0.417 e. The number of amides is 1. The first-order valence-electron chi connectivity index (χ1n) is 10.6. The van der Waals surface area contributed by atoms with Gasteiger partial charge in [-0.05, 0) is 50.1 Å². The molecule has 3 heterocycles. The van der Waals surface area contributed by atoms with Crippen LogP contribution in [-0.2, 0) is 6.54 Å². The molecule has 0 spiro atoms. The van der Waals surface area contributed by atoms with Gasteiger partial charge in [0.2, 0.25) is 11.5 Å². The number of anilines is 2. The van der Waals surface area contributed by atoms with E-state index in [-0.39, 0.29) is 17.5 Å². The van der Waals surface area contributed by atoms with Gasteiger partial charge >= 0.3 is 6.61 Å². The van der Waals surface area contributed by atoms with Crippen molar-refractivity contribution in [3.63, 3.8) is 0 Å². The topological polar surface area (TPSA) is 107 Å². The van der Waals surface area contributed by atoms with Crippen molar-refractivity contribution in [3.8, 4) is 5.88 Å². The minimum absolute atomic E-state index is 0.135. The van der Waals surface area contributed by atoms with Gasteiger partial charge < -0.3 is 15.4 Å². The Balaban J connectivity index is 1.47. The number of aromatic nitrogens is 5. The number of benzene rings is 1. The van der Waals surface area contributed by atoms with E-state index in [1.165, 1.54) is 18.3 Å². The quantitative estimate of drug-likeness (QED) is 0.391. The van der Waals surface area contributed by atoms with Crippen molar-refractivity contribution in [3.05, 3.63) is 65.6 Å². The van der Waals surface area contributed by atoms with Gasteiger partial charge in [0, 0.05) is 24.5 Å². The Morgan fingerprint density at radius 3 is 2.71 bits per heavy atom. The summed E-state index contributed by atoms with van der Waals surface area (Å²) in [6, 6.07) is 8.00. The summed E-state index contributed by atoms with van der Waals surface area (Å²) in [4.78, 5) is 25.2. The minimum atomic E-state index is -2.98. The van der Waals surface area contributed by atoms with Crippen LogP contribution in [0.4, 0.5) is 20.3 Å². The zero-order chi connectivity index (χ0) is 24.2. The maximum atomic E-state index is 12.6. The van der Waals surface area contributed by atoms with Crippen molar-refractivity contribution in [1.29, 1.82) is 0 Å². The predicted molar refractivity (Wildman–Crippen MR) is 123 cm³/mol. The van der Waals surface area contributed by atoms with Gasteiger partial charge in [-0.15, -0.1) is 0 Å². The van der Waals surface area contributed by atoms with E-state index in [4.69, 9.17) is 0 Å². The summed E-state index contributed by atoms with van der Waals surface area (Å²) in [5, 5.41) is 10.5. The van der Waals surface area contributed by atoms with E-state index in [9.17, 15) is 13.6 Å². The van der Waals surface area contributed by atoms with Crippen LogP contribution in [0.1, 0.15) is 41.4 Å². The molecule has 11 heteroatoms. The molecule has 1 atom stereocenters. The number of nitrogens with zero attached hydrogens (tertiary/aromatic N) is 5. The average molecular weight is 467 g/mol. The van der Waals surface area contributed by atoms with E-state index in [1.807, 2.05) is 39.1 Å². The number of halogens is 2. The van der Waals surface area contributed by atoms with Crippen molar-refractivity contribution >= 4 is 28.6 Å². The van der Waals surface area contributed by atoms with Crippen LogP contribution in [0.25, 0.3) is 11.2 Å². The molecule has 9 nitrogen and oxygen atoms in total. The molecule has 0 aliphatic heterocycles. The molecule has 0 bridgehead atoms. The predicted octanol–water partition coefficient (Wildman–Crippen LogP) is 4.58. The Hall–Kier alpha value is -4.15. The molecule has 0 radical (unpaired) electrons. The lowest BCUT2D eigenvalue weighted by Crippen LogP contribution is -2.14. The van der Waals surface area contributed by atoms with Crippen LogP contribution in [0.15, 0.2) is 48.9 Å². The van der Waals surface area contributed by atoms with Crippen molar-refractivity contribution in [2.45, 2.75) is 40.0 Å². The summed E-state index contributed by atoms with van der Waals surface area (Å²) in [5.41, 5.74) is 4.06. The number of ether oxygens (including phenoxy) is 1. The van der Waals surface area contributed by atoms with Gasteiger partial charge in [0.05, 0.1) is 24.0 Å². The van der Waals surface area contributed by atoms with Crippen LogP contribution in [0.5, 0.6) is 5.88 Å². The smallest absolute Gasteiger partial charge is 0.388 e. The van der Waals surface area contributed by atoms with Gasteiger partial charge in [0.15, 0.2) is 0 Å². The fraction of sp³-hybridized carbons (Fsp3) is 0.261. The lowest BCUT2D eigenvalue weighted by molar-refractivity contribution is -0.0528. The van der Waals surface area contributed by atoms with Crippen LogP contribution < -0.4 is 15.4 Å². The molecule has 0 unspecified atom stereocenters. The Morgan fingerprint density at radius 2 is 2.00 bits per heavy atom. The van der Waals surface area contributed by atoms with E-state index in [0.29, 0.717) is 17.2 Å². The summed E-state index contributed by atoms with van der Waals surface area (Å²) in [6.07, 6.45) is 4.69. The molecule has 1 amide bonds. The summed E-state index contributed by atoms with van der Waals surface area (Å²) in [7, 11) is 0. The molecule has 4 aromatic rings. The zero-order valence-corrected chi connectivity index (χ0v) is 18.8. The van der Waals surface area contributed by atoms with E-state index in [1.54, 1.807) is 16.9 Å². The van der Waals surface area contributed by atoms with Gasteiger partial charge in [0.1, 0.15) is 11.3 Å². The highest BCUT2D eigenvalue weighted by atomic mass is 19.3. The van der Waals surface area contributed by atoms with Gasteiger partial charge in [0.25, 0.3) is 5.91 Å². The van der Waals surface area contributed by atoms with Crippen molar-refractivity contribution < 1.29 is 18.3 Å². The highest BCUT2D eigenvalue weighted by Gasteiger charge is 2.14. The molecule has 0 aliphatic carbocycles. The van der Waals surface area contributed by atoms with Gasteiger partial charge in [-0.3, -0.25) is 9.48 Å². The summed E-state index contributed by atoms with van der Waals surface area (Å²) < 4.78 is 30.5. The molecule has 3 aromatic heterocycles. The lowest BCUT2D eigenvalue weighted by atomic mass is 10.0. The molecule has 0 saturated carbocycles. The highest BCUT2D eigenvalue weighted by Crippen LogP contribution is 2.25. The summed E-state index contributed by atoms with van der Waals surface area (Å²) in [5.74, 6) is -0.0893. The fourth-order valence-electron chi connectivity index (χ4n) is 3.44. The van der Waals surface area contributed by atoms with Crippen molar-refractivity contribution in [1.82, 2.24) is 24.7 Å². The second-order valence-electron chi connectivity index (χ2n) is 7.60. The first kappa shape index (κ1) is 23.0. The van der Waals surface area contributed by atoms with E-state index >= 15 is 0 Å². The van der Waals surface area contributed by atoms with Crippen molar-refractivity contribution in [2.24, 2.45) is 0 Å². The van der Waals surface area contributed by atoms with Crippen molar-refractivity contribution in [2.75, 3.05) is 10.6 Å². The molecule has 0 aliphatic rings. The molecule has 34 heavy (non-hydrogen) atoms. The third-order valence-corrected chi connectivity index (χ3v) is 5.18.